The number of hydrogen-bond acceptors (Lipinski definition) is 3. The van der Waals surface area contributed by atoms with Gasteiger partial charge in [-0.15, -0.1) is 0 Å². The minimum Gasteiger partial charge on any atom is -0.378 e. The van der Waals surface area contributed by atoms with Gasteiger partial charge in [-0.25, -0.2) is 0 Å². The van der Waals surface area contributed by atoms with Crippen LogP contribution < -0.4 is 9.80 Å². The molecule has 0 atom stereocenters. The van der Waals surface area contributed by atoms with Crippen LogP contribution in [0.25, 0.3) is 0 Å². The van der Waals surface area contributed by atoms with Crippen molar-refractivity contribution in [2.24, 2.45) is 0 Å². The van der Waals surface area contributed by atoms with Crippen molar-refractivity contribution in [3.05, 3.63) is 95.1 Å². The van der Waals surface area contributed by atoms with Gasteiger partial charge in [-0.3, -0.25) is 0 Å². The summed E-state index contributed by atoms with van der Waals surface area (Å²) in [7, 11) is 8.08. The van der Waals surface area contributed by atoms with Crippen molar-refractivity contribution in [2.45, 2.75) is 25.4 Å². The summed E-state index contributed by atoms with van der Waals surface area (Å²) in [6.07, 6.45) is 0. The Labute approximate surface area is 175 Å². The summed E-state index contributed by atoms with van der Waals surface area (Å²) < 4.78 is 0. The van der Waals surface area contributed by atoms with E-state index in [2.05, 4.69) is 72.2 Å². The fraction of sp³-hybridized carbons (Fsp3) is 0.308. The van der Waals surface area contributed by atoms with E-state index in [9.17, 15) is 5.11 Å². The Morgan fingerprint density at radius 2 is 0.897 bits per heavy atom. The molecule has 0 aliphatic heterocycles. The van der Waals surface area contributed by atoms with E-state index in [1.807, 2.05) is 52.5 Å². The molecule has 3 rings (SSSR count). The van der Waals surface area contributed by atoms with Crippen LogP contribution in [0.1, 0.15) is 42.0 Å². The molecule has 0 spiro atoms. The van der Waals surface area contributed by atoms with Crippen LogP contribution in [-0.2, 0) is 5.60 Å². The van der Waals surface area contributed by atoms with Gasteiger partial charge in [0.15, 0.2) is 0 Å². The maximum Gasteiger partial charge on any atom is 0.140 e. The third-order valence-corrected chi connectivity index (χ3v) is 5.60. The number of anilines is 2. The van der Waals surface area contributed by atoms with Crippen LogP contribution in [0, 0.1) is 0 Å². The van der Waals surface area contributed by atoms with Gasteiger partial charge >= 0.3 is 0 Å². The van der Waals surface area contributed by atoms with E-state index in [1.165, 1.54) is 5.56 Å². The highest BCUT2D eigenvalue weighted by Gasteiger charge is 2.34. The van der Waals surface area contributed by atoms with Crippen LogP contribution in [0.2, 0.25) is 0 Å². The van der Waals surface area contributed by atoms with Crippen LogP contribution >= 0.6 is 0 Å². The van der Waals surface area contributed by atoms with Crippen LogP contribution in [0.15, 0.2) is 72.8 Å². The van der Waals surface area contributed by atoms with Gasteiger partial charge in [0, 0.05) is 39.6 Å². The number of benzene rings is 3. The SMILES string of the molecule is CC(C)c1ccc(C(O)(c2ccc(N(C)C)cc2)c2ccc(N(C)C)cc2)cc1. The smallest absolute Gasteiger partial charge is 0.140 e. The van der Waals surface area contributed by atoms with Crippen LogP contribution in [-0.4, -0.2) is 33.3 Å². The van der Waals surface area contributed by atoms with Crippen molar-refractivity contribution in [1.82, 2.24) is 0 Å². The summed E-state index contributed by atoms with van der Waals surface area (Å²) in [6, 6.07) is 24.6. The molecule has 3 heteroatoms. The molecule has 0 aromatic heterocycles. The number of hydrogen-bond donors (Lipinski definition) is 1. The Kier molecular flexibility index (Phi) is 5.99. The Morgan fingerprint density at radius 3 is 1.17 bits per heavy atom. The number of rotatable bonds is 6. The van der Waals surface area contributed by atoms with Gasteiger partial charge in [-0.05, 0) is 52.4 Å². The first-order valence-electron chi connectivity index (χ1n) is 10.1. The molecule has 0 radical (unpaired) electrons. The summed E-state index contributed by atoms with van der Waals surface area (Å²) in [6.45, 7) is 4.36. The van der Waals surface area contributed by atoms with Gasteiger partial charge < -0.3 is 14.9 Å². The molecule has 0 aliphatic rings. The molecule has 29 heavy (non-hydrogen) atoms. The monoisotopic (exact) mass is 388 g/mol. The molecule has 0 fully saturated rings. The maximum atomic E-state index is 12.1. The Balaban J connectivity index is 2.14. The average molecular weight is 389 g/mol. The number of nitrogens with zero attached hydrogens (tertiary/aromatic N) is 2. The van der Waals surface area contributed by atoms with E-state index in [0.717, 1.165) is 28.1 Å². The van der Waals surface area contributed by atoms with Gasteiger partial charge in [0.1, 0.15) is 5.60 Å². The predicted molar refractivity (Wildman–Crippen MR) is 124 cm³/mol. The van der Waals surface area contributed by atoms with Gasteiger partial charge in [-0.1, -0.05) is 62.4 Å². The third-order valence-electron chi connectivity index (χ3n) is 5.60. The molecule has 3 aromatic rings. The molecule has 0 heterocycles. The molecule has 3 aromatic carbocycles. The zero-order valence-corrected chi connectivity index (χ0v) is 18.3. The molecule has 1 N–H and O–H groups in total. The Bertz CT molecular complexity index is 799. The second-order valence-electron chi connectivity index (χ2n) is 8.37. The molecule has 0 bridgehead atoms. The van der Waals surface area contributed by atoms with E-state index in [4.69, 9.17) is 0 Å². The molecule has 3 nitrogen and oxygen atoms in total. The Hall–Kier alpha value is -2.78. The van der Waals surface area contributed by atoms with Crippen LogP contribution in [0.3, 0.4) is 0 Å². The summed E-state index contributed by atoms with van der Waals surface area (Å²) in [4.78, 5) is 4.12. The summed E-state index contributed by atoms with van der Waals surface area (Å²) >= 11 is 0. The van der Waals surface area contributed by atoms with Gasteiger partial charge in [-0.2, -0.15) is 0 Å². The van der Waals surface area contributed by atoms with Crippen molar-refractivity contribution in [3.63, 3.8) is 0 Å². The molecule has 0 aliphatic carbocycles. The van der Waals surface area contributed by atoms with E-state index in [0.29, 0.717) is 5.92 Å². The van der Waals surface area contributed by atoms with Gasteiger partial charge in [0.25, 0.3) is 0 Å². The van der Waals surface area contributed by atoms with Crippen molar-refractivity contribution < 1.29 is 5.11 Å². The maximum absolute atomic E-state index is 12.1. The first kappa shape index (κ1) is 20.9. The van der Waals surface area contributed by atoms with E-state index in [1.54, 1.807) is 0 Å². The van der Waals surface area contributed by atoms with Crippen molar-refractivity contribution >= 4 is 11.4 Å². The second-order valence-corrected chi connectivity index (χ2v) is 8.37. The molecule has 152 valence electrons. The van der Waals surface area contributed by atoms with E-state index in [-0.39, 0.29) is 0 Å². The summed E-state index contributed by atoms with van der Waals surface area (Å²) in [5.74, 6) is 0.455. The quantitative estimate of drug-likeness (QED) is 0.586. The lowest BCUT2D eigenvalue weighted by Crippen LogP contribution is -2.29. The highest BCUT2D eigenvalue weighted by Crippen LogP contribution is 2.38. The molecule has 0 saturated carbocycles. The molecule has 0 amide bonds. The zero-order valence-electron chi connectivity index (χ0n) is 18.3. The highest BCUT2D eigenvalue weighted by molar-refractivity contribution is 5.55. The van der Waals surface area contributed by atoms with E-state index < -0.39 is 5.60 Å². The first-order valence-corrected chi connectivity index (χ1v) is 10.1. The second kappa shape index (κ2) is 8.30. The van der Waals surface area contributed by atoms with Crippen molar-refractivity contribution in [3.8, 4) is 0 Å². The Morgan fingerprint density at radius 1 is 0.586 bits per heavy atom. The van der Waals surface area contributed by atoms with Gasteiger partial charge in [0.2, 0.25) is 0 Å². The molecular formula is C26H32N2O. The fourth-order valence-electron chi connectivity index (χ4n) is 3.61. The minimum atomic E-state index is -1.22. The van der Waals surface area contributed by atoms with Crippen molar-refractivity contribution in [1.29, 1.82) is 0 Å². The first-order chi connectivity index (χ1) is 13.7. The number of aliphatic hydroxyl groups is 1. The summed E-state index contributed by atoms with van der Waals surface area (Å²) in [5, 5.41) is 12.1. The van der Waals surface area contributed by atoms with E-state index >= 15 is 0 Å². The van der Waals surface area contributed by atoms with Crippen LogP contribution in [0.4, 0.5) is 11.4 Å². The lowest BCUT2D eigenvalue weighted by Gasteiger charge is -2.31. The molecule has 0 saturated heterocycles. The lowest BCUT2D eigenvalue weighted by atomic mass is 9.79. The molecule has 0 unspecified atom stereocenters. The largest absolute Gasteiger partial charge is 0.378 e. The highest BCUT2D eigenvalue weighted by atomic mass is 16.3. The van der Waals surface area contributed by atoms with Crippen LogP contribution in [0.5, 0.6) is 0 Å². The van der Waals surface area contributed by atoms with Gasteiger partial charge in [0.05, 0.1) is 0 Å². The normalized spacial score (nSPS) is 11.6. The third kappa shape index (κ3) is 4.15. The standard InChI is InChI=1S/C26H32N2O/c1-19(2)20-7-9-21(10-8-20)26(29,22-11-15-24(16-12-22)27(3)4)23-13-17-25(18-14-23)28(5)6/h7-19,29H,1-6H3. The zero-order chi connectivity index (χ0) is 21.2. The average Bonchev–Trinajstić information content (AvgIpc) is 2.73. The van der Waals surface area contributed by atoms with Crippen molar-refractivity contribution in [2.75, 3.05) is 38.0 Å². The minimum absolute atomic E-state index is 0.455. The fourth-order valence-corrected chi connectivity index (χ4v) is 3.61. The summed E-state index contributed by atoms with van der Waals surface area (Å²) in [5.41, 5.74) is 4.85. The predicted octanol–water partition coefficient (Wildman–Crippen LogP) is 5.23. The lowest BCUT2D eigenvalue weighted by molar-refractivity contribution is 0.125. The topological polar surface area (TPSA) is 26.7 Å². The molecular weight excluding hydrogens is 356 g/mol.